The predicted molar refractivity (Wildman–Crippen MR) is 107 cm³/mol. The predicted octanol–water partition coefficient (Wildman–Crippen LogP) is 3.86. The fourth-order valence-electron chi connectivity index (χ4n) is 3.94. The normalized spacial score (nSPS) is 16.8. The van der Waals surface area contributed by atoms with E-state index < -0.39 is 0 Å². The number of methoxy groups -OCH3 is 1. The fourth-order valence-corrected chi connectivity index (χ4v) is 3.94. The maximum atomic E-state index is 13.4. The Labute approximate surface area is 164 Å². The lowest BCUT2D eigenvalue weighted by molar-refractivity contribution is 0.0602. The molecule has 6 heteroatoms. The zero-order valence-electron chi connectivity index (χ0n) is 16.2. The van der Waals surface area contributed by atoms with Gasteiger partial charge in [-0.1, -0.05) is 12.1 Å². The van der Waals surface area contributed by atoms with Crippen molar-refractivity contribution in [3.63, 3.8) is 0 Å². The van der Waals surface area contributed by atoms with Crippen molar-refractivity contribution in [2.75, 3.05) is 13.7 Å². The van der Waals surface area contributed by atoms with Crippen molar-refractivity contribution in [2.24, 2.45) is 7.05 Å². The van der Waals surface area contributed by atoms with E-state index in [9.17, 15) is 4.79 Å². The summed E-state index contributed by atoms with van der Waals surface area (Å²) >= 11 is 0. The SMILES string of the molecule is COc1ccccc1C(=O)N1CCCC[C@H]1c1nn(C)cc1-c1ccncc1. The Morgan fingerprint density at radius 3 is 2.71 bits per heavy atom. The molecule has 1 amide bonds. The lowest BCUT2D eigenvalue weighted by Crippen LogP contribution is -2.39. The molecule has 0 saturated carbocycles. The first-order chi connectivity index (χ1) is 13.7. The second kappa shape index (κ2) is 7.84. The van der Waals surface area contributed by atoms with Crippen LogP contribution in [0.25, 0.3) is 11.1 Å². The zero-order chi connectivity index (χ0) is 19.5. The van der Waals surface area contributed by atoms with Crippen LogP contribution < -0.4 is 4.74 Å². The minimum atomic E-state index is -0.0597. The number of piperidine rings is 1. The molecule has 3 aromatic rings. The molecule has 0 aliphatic carbocycles. The minimum absolute atomic E-state index is 0.00604. The number of hydrogen-bond acceptors (Lipinski definition) is 4. The number of rotatable bonds is 4. The summed E-state index contributed by atoms with van der Waals surface area (Å²) < 4.78 is 7.25. The average molecular weight is 376 g/mol. The van der Waals surface area contributed by atoms with Gasteiger partial charge in [0.1, 0.15) is 5.75 Å². The van der Waals surface area contributed by atoms with E-state index in [4.69, 9.17) is 9.84 Å². The molecular weight excluding hydrogens is 352 g/mol. The van der Waals surface area contributed by atoms with Crippen LogP contribution in [-0.4, -0.2) is 39.2 Å². The van der Waals surface area contributed by atoms with Gasteiger partial charge in [-0.3, -0.25) is 14.5 Å². The molecule has 1 aliphatic rings. The van der Waals surface area contributed by atoms with Crippen molar-refractivity contribution in [1.82, 2.24) is 19.7 Å². The molecule has 1 saturated heterocycles. The van der Waals surface area contributed by atoms with Gasteiger partial charge in [-0.25, -0.2) is 0 Å². The second-order valence-electron chi connectivity index (χ2n) is 7.05. The molecular formula is C22H24N4O2. The number of benzene rings is 1. The summed E-state index contributed by atoms with van der Waals surface area (Å²) in [5, 5.41) is 4.75. The molecule has 144 valence electrons. The number of aromatic nitrogens is 3. The summed E-state index contributed by atoms with van der Waals surface area (Å²) in [4.78, 5) is 19.5. The minimum Gasteiger partial charge on any atom is -0.496 e. The number of ether oxygens (including phenoxy) is 1. The molecule has 0 bridgehead atoms. The highest BCUT2D eigenvalue weighted by Gasteiger charge is 2.33. The molecule has 0 unspecified atom stereocenters. The first-order valence-electron chi connectivity index (χ1n) is 9.57. The van der Waals surface area contributed by atoms with Gasteiger partial charge in [0.15, 0.2) is 0 Å². The van der Waals surface area contributed by atoms with Gasteiger partial charge in [0.25, 0.3) is 5.91 Å². The van der Waals surface area contributed by atoms with E-state index in [2.05, 4.69) is 4.98 Å². The van der Waals surface area contributed by atoms with Crippen molar-refractivity contribution >= 4 is 5.91 Å². The third-order valence-corrected chi connectivity index (χ3v) is 5.27. The standard InChI is InChI=1S/C22H24N4O2/c1-25-15-18(16-10-12-23-13-11-16)21(24-25)19-8-5-6-14-26(19)22(27)17-7-3-4-9-20(17)28-2/h3-4,7,9-13,15,19H,5-6,8,14H2,1-2H3/t19-/m0/s1. The number of likely N-dealkylation sites (tertiary alicyclic amines) is 1. The van der Waals surface area contributed by atoms with E-state index in [1.54, 1.807) is 19.5 Å². The summed E-state index contributed by atoms with van der Waals surface area (Å²) in [5.41, 5.74) is 3.65. The Morgan fingerprint density at radius 1 is 1.14 bits per heavy atom. The molecule has 1 atom stereocenters. The quantitative estimate of drug-likeness (QED) is 0.694. The second-order valence-corrected chi connectivity index (χ2v) is 7.05. The third kappa shape index (κ3) is 3.38. The Hall–Kier alpha value is -3.15. The first-order valence-corrected chi connectivity index (χ1v) is 9.57. The summed E-state index contributed by atoms with van der Waals surface area (Å²) in [7, 11) is 3.52. The summed E-state index contributed by atoms with van der Waals surface area (Å²) in [6, 6.07) is 11.3. The van der Waals surface area contributed by atoms with Crippen LogP contribution in [-0.2, 0) is 7.05 Å². The molecule has 2 aromatic heterocycles. The number of carbonyl (C=O) groups is 1. The van der Waals surface area contributed by atoms with Crippen LogP contribution in [0.2, 0.25) is 0 Å². The summed E-state index contributed by atoms with van der Waals surface area (Å²) in [6.07, 6.45) is 8.55. The van der Waals surface area contributed by atoms with Gasteiger partial charge in [-0.15, -0.1) is 0 Å². The number of pyridine rings is 1. The molecule has 1 aromatic carbocycles. The lowest BCUT2D eigenvalue weighted by Gasteiger charge is -2.35. The van der Waals surface area contributed by atoms with Gasteiger partial charge in [-0.2, -0.15) is 5.10 Å². The van der Waals surface area contributed by atoms with E-state index in [1.807, 2.05) is 59.2 Å². The van der Waals surface area contributed by atoms with Crippen molar-refractivity contribution in [3.05, 3.63) is 66.2 Å². The third-order valence-electron chi connectivity index (χ3n) is 5.27. The number of hydrogen-bond donors (Lipinski definition) is 0. The Kier molecular flexibility index (Phi) is 5.10. The van der Waals surface area contributed by atoms with Gasteiger partial charge in [0.2, 0.25) is 0 Å². The van der Waals surface area contributed by atoms with Gasteiger partial charge < -0.3 is 9.64 Å². The topological polar surface area (TPSA) is 60.2 Å². The average Bonchev–Trinajstić information content (AvgIpc) is 3.15. The molecule has 1 fully saturated rings. The van der Waals surface area contributed by atoms with E-state index >= 15 is 0 Å². The van der Waals surface area contributed by atoms with Crippen LogP contribution in [0, 0.1) is 0 Å². The number of aryl methyl sites for hydroxylation is 1. The Balaban J connectivity index is 1.74. The molecule has 0 radical (unpaired) electrons. The van der Waals surface area contributed by atoms with Crippen LogP contribution >= 0.6 is 0 Å². The fraction of sp³-hybridized carbons (Fsp3) is 0.318. The molecule has 3 heterocycles. The van der Waals surface area contributed by atoms with E-state index in [0.29, 0.717) is 17.9 Å². The highest BCUT2D eigenvalue weighted by molar-refractivity contribution is 5.97. The Morgan fingerprint density at radius 2 is 1.93 bits per heavy atom. The number of amides is 1. The molecule has 0 spiro atoms. The molecule has 28 heavy (non-hydrogen) atoms. The molecule has 0 N–H and O–H groups in total. The first kappa shape index (κ1) is 18.2. The van der Waals surface area contributed by atoms with Gasteiger partial charge >= 0.3 is 0 Å². The number of para-hydroxylation sites is 1. The van der Waals surface area contributed by atoms with Crippen LogP contribution in [0.5, 0.6) is 5.75 Å². The van der Waals surface area contributed by atoms with E-state index in [-0.39, 0.29) is 11.9 Å². The summed E-state index contributed by atoms with van der Waals surface area (Å²) in [5.74, 6) is 0.598. The van der Waals surface area contributed by atoms with Crippen LogP contribution in [0.4, 0.5) is 0 Å². The highest BCUT2D eigenvalue weighted by atomic mass is 16.5. The van der Waals surface area contributed by atoms with Crippen molar-refractivity contribution in [3.8, 4) is 16.9 Å². The molecule has 1 aliphatic heterocycles. The number of carbonyl (C=O) groups excluding carboxylic acids is 1. The van der Waals surface area contributed by atoms with Gasteiger partial charge in [-0.05, 0) is 49.1 Å². The van der Waals surface area contributed by atoms with Crippen molar-refractivity contribution in [1.29, 1.82) is 0 Å². The number of nitrogens with zero attached hydrogens (tertiary/aromatic N) is 4. The molecule has 4 rings (SSSR count). The van der Waals surface area contributed by atoms with Crippen LogP contribution in [0.3, 0.4) is 0 Å². The lowest BCUT2D eigenvalue weighted by atomic mass is 9.94. The monoisotopic (exact) mass is 376 g/mol. The highest BCUT2D eigenvalue weighted by Crippen LogP contribution is 2.37. The summed E-state index contributed by atoms with van der Waals surface area (Å²) in [6.45, 7) is 0.716. The van der Waals surface area contributed by atoms with Crippen molar-refractivity contribution < 1.29 is 9.53 Å². The van der Waals surface area contributed by atoms with Crippen LogP contribution in [0.1, 0.15) is 41.4 Å². The van der Waals surface area contributed by atoms with Gasteiger partial charge in [0, 0.05) is 37.7 Å². The maximum absolute atomic E-state index is 13.4. The van der Waals surface area contributed by atoms with E-state index in [1.165, 1.54) is 0 Å². The molecule has 6 nitrogen and oxygen atoms in total. The maximum Gasteiger partial charge on any atom is 0.258 e. The van der Waals surface area contributed by atoms with Gasteiger partial charge in [0.05, 0.1) is 24.4 Å². The largest absolute Gasteiger partial charge is 0.496 e. The Bertz CT molecular complexity index is 968. The van der Waals surface area contributed by atoms with Crippen LogP contribution in [0.15, 0.2) is 55.0 Å². The zero-order valence-corrected chi connectivity index (χ0v) is 16.2. The van der Waals surface area contributed by atoms with Crippen molar-refractivity contribution in [2.45, 2.75) is 25.3 Å². The smallest absolute Gasteiger partial charge is 0.258 e. The van der Waals surface area contributed by atoms with E-state index in [0.717, 1.165) is 36.1 Å².